The molecule has 2 saturated heterocycles. The van der Waals surface area contributed by atoms with E-state index in [-0.39, 0.29) is 18.2 Å². The zero-order valence-electron chi connectivity index (χ0n) is 14.3. The number of nitrogens with zero attached hydrogens (tertiary/aromatic N) is 3. The summed E-state index contributed by atoms with van der Waals surface area (Å²) < 4.78 is 5.54. The minimum Gasteiger partial charge on any atom is -0.444 e. The van der Waals surface area contributed by atoms with Crippen molar-refractivity contribution in [3.8, 4) is 0 Å². The van der Waals surface area contributed by atoms with Crippen molar-refractivity contribution in [2.75, 3.05) is 18.0 Å². The summed E-state index contributed by atoms with van der Waals surface area (Å²) >= 11 is 0. The lowest BCUT2D eigenvalue weighted by atomic mass is 9.81. The second-order valence-electron chi connectivity index (χ2n) is 7.53. The average molecular weight is 333 g/mol. The van der Waals surface area contributed by atoms with Gasteiger partial charge in [0, 0.05) is 24.7 Å². The maximum atomic E-state index is 12.5. The molecule has 0 radical (unpaired) electrons. The van der Waals surface area contributed by atoms with Gasteiger partial charge in [0.1, 0.15) is 5.60 Å². The van der Waals surface area contributed by atoms with E-state index in [0.717, 1.165) is 18.5 Å². The van der Waals surface area contributed by atoms with Crippen LogP contribution in [0.5, 0.6) is 0 Å². The van der Waals surface area contributed by atoms with E-state index < -0.39 is 12.7 Å². The predicted octanol–water partition coefficient (Wildman–Crippen LogP) is 0.349. The maximum Gasteiger partial charge on any atom is 0.490 e. The molecule has 3 heterocycles. The number of ether oxygens (including phenoxy) is 1. The van der Waals surface area contributed by atoms with E-state index >= 15 is 0 Å². The van der Waals surface area contributed by atoms with Crippen LogP contribution in [-0.4, -0.2) is 63.9 Å². The molecule has 2 atom stereocenters. The number of carbonyl (C=O) groups excluding carboxylic acids is 1. The molecule has 3 rings (SSSR count). The molecule has 0 aromatic carbocycles. The molecule has 0 aliphatic carbocycles. The van der Waals surface area contributed by atoms with Gasteiger partial charge in [0.05, 0.1) is 24.0 Å². The highest BCUT2D eigenvalue weighted by atomic mass is 16.6. The predicted molar refractivity (Wildman–Crippen MR) is 91.2 cm³/mol. The lowest BCUT2D eigenvalue weighted by Crippen LogP contribution is -2.57. The van der Waals surface area contributed by atoms with Crippen molar-refractivity contribution >= 4 is 24.4 Å². The summed E-state index contributed by atoms with van der Waals surface area (Å²) in [4.78, 5) is 20.6. The van der Waals surface area contributed by atoms with Crippen LogP contribution in [0.1, 0.15) is 33.6 Å². The Bertz CT molecular complexity index is 606. The zero-order valence-corrected chi connectivity index (χ0v) is 14.3. The first-order chi connectivity index (χ1) is 11.2. The fourth-order valence-electron chi connectivity index (χ4n) is 3.49. The molecule has 2 N–H and O–H groups in total. The topological polar surface area (TPSA) is 86.1 Å². The van der Waals surface area contributed by atoms with E-state index in [1.807, 2.05) is 25.7 Å². The monoisotopic (exact) mass is 333 g/mol. The summed E-state index contributed by atoms with van der Waals surface area (Å²) in [6, 6.07) is 1.96. The molecule has 2 aliphatic heterocycles. The number of aromatic nitrogens is 1. The zero-order chi connectivity index (χ0) is 17.5. The fraction of sp³-hybridized carbons (Fsp3) is 0.625. The molecule has 8 heteroatoms. The Kier molecular flexibility index (Phi) is 4.44. The molecular formula is C16H24BN3O4. The van der Waals surface area contributed by atoms with E-state index in [9.17, 15) is 14.8 Å². The minimum absolute atomic E-state index is 0.112. The Morgan fingerprint density at radius 3 is 2.42 bits per heavy atom. The highest BCUT2D eigenvalue weighted by Gasteiger charge is 2.44. The smallest absolute Gasteiger partial charge is 0.444 e. The number of hydrogen-bond acceptors (Lipinski definition) is 6. The van der Waals surface area contributed by atoms with Gasteiger partial charge in [-0.25, -0.2) is 4.79 Å². The Balaban J connectivity index is 1.73. The van der Waals surface area contributed by atoms with E-state index in [4.69, 9.17) is 4.74 Å². The van der Waals surface area contributed by atoms with Crippen molar-refractivity contribution in [3.05, 3.63) is 18.5 Å². The molecule has 2 aliphatic rings. The molecule has 2 fully saturated rings. The standard InChI is InChI=1S/C16H24BN3O4/c1-16(2,3)24-15(21)20-12-4-5-13(20)10-19(9-12)14-6-11(17(22)23)7-18-8-14/h6-8,12-13,22-23H,4-5,9-10H2,1-3H3. The maximum absolute atomic E-state index is 12.5. The molecule has 24 heavy (non-hydrogen) atoms. The van der Waals surface area contributed by atoms with E-state index in [0.29, 0.717) is 18.6 Å². The summed E-state index contributed by atoms with van der Waals surface area (Å²) in [5.74, 6) is 0. The minimum atomic E-state index is -1.53. The van der Waals surface area contributed by atoms with Crippen molar-refractivity contribution in [2.24, 2.45) is 0 Å². The molecule has 1 aromatic heterocycles. The number of hydrogen-bond donors (Lipinski definition) is 2. The van der Waals surface area contributed by atoms with Crippen molar-refractivity contribution in [1.29, 1.82) is 0 Å². The van der Waals surface area contributed by atoms with Gasteiger partial charge < -0.3 is 19.7 Å². The Labute approximate surface area is 142 Å². The van der Waals surface area contributed by atoms with E-state index in [1.165, 1.54) is 6.20 Å². The third-order valence-electron chi connectivity index (χ3n) is 4.49. The molecule has 130 valence electrons. The van der Waals surface area contributed by atoms with Crippen LogP contribution in [0.2, 0.25) is 0 Å². The molecule has 7 nitrogen and oxygen atoms in total. The summed E-state index contributed by atoms with van der Waals surface area (Å²) in [6.07, 6.45) is 4.83. The molecule has 1 aromatic rings. The summed E-state index contributed by atoms with van der Waals surface area (Å²) in [5, 5.41) is 18.6. The van der Waals surface area contributed by atoms with Crippen molar-refractivity contribution < 1.29 is 19.6 Å². The van der Waals surface area contributed by atoms with Gasteiger partial charge in [-0.2, -0.15) is 0 Å². The lowest BCUT2D eigenvalue weighted by molar-refractivity contribution is 0.0123. The third kappa shape index (κ3) is 3.49. The molecule has 2 unspecified atom stereocenters. The number of amides is 1. The number of pyridine rings is 1. The van der Waals surface area contributed by atoms with E-state index in [2.05, 4.69) is 9.88 Å². The second-order valence-corrected chi connectivity index (χ2v) is 7.53. The van der Waals surface area contributed by atoms with Crippen molar-refractivity contribution in [3.63, 3.8) is 0 Å². The van der Waals surface area contributed by atoms with Crippen molar-refractivity contribution in [1.82, 2.24) is 9.88 Å². The Hall–Kier alpha value is -1.80. The summed E-state index contributed by atoms with van der Waals surface area (Å²) in [7, 11) is -1.53. The van der Waals surface area contributed by atoms with Crippen LogP contribution in [0, 0.1) is 0 Å². The van der Waals surface area contributed by atoms with Crippen LogP contribution in [0.15, 0.2) is 18.5 Å². The van der Waals surface area contributed by atoms with E-state index in [1.54, 1.807) is 12.3 Å². The van der Waals surface area contributed by atoms with Crippen LogP contribution in [0.3, 0.4) is 0 Å². The largest absolute Gasteiger partial charge is 0.490 e. The molecule has 0 saturated carbocycles. The lowest BCUT2D eigenvalue weighted by Gasteiger charge is -2.42. The van der Waals surface area contributed by atoms with Gasteiger partial charge in [-0.1, -0.05) is 0 Å². The number of fused-ring (bicyclic) bond motifs is 2. The van der Waals surface area contributed by atoms with Crippen LogP contribution in [0.25, 0.3) is 0 Å². The number of anilines is 1. The average Bonchev–Trinajstić information content (AvgIpc) is 2.76. The highest BCUT2D eigenvalue weighted by Crippen LogP contribution is 2.33. The van der Waals surface area contributed by atoms with Crippen molar-refractivity contribution in [2.45, 2.75) is 51.3 Å². The van der Waals surface area contributed by atoms with Gasteiger partial charge in [-0.15, -0.1) is 0 Å². The van der Waals surface area contributed by atoms with Gasteiger partial charge >= 0.3 is 13.2 Å². The first-order valence-electron chi connectivity index (χ1n) is 8.32. The van der Waals surface area contributed by atoms with Gasteiger partial charge in [-0.05, 0) is 39.7 Å². The van der Waals surface area contributed by atoms with Gasteiger partial charge in [-0.3, -0.25) is 9.88 Å². The van der Waals surface area contributed by atoms with Crippen LogP contribution in [0.4, 0.5) is 10.5 Å². The Morgan fingerprint density at radius 2 is 1.88 bits per heavy atom. The summed E-state index contributed by atoms with van der Waals surface area (Å²) in [6.45, 7) is 7.02. The van der Waals surface area contributed by atoms with Gasteiger partial charge in [0.2, 0.25) is 0 Å². The number of carbonyl (C=O) groups is 1. The Morgan fingerprint density at radius 1 is 1.25 bits per heavy atom. The van der Waals surface area contributed by atoms with Crippen LogP contribution >= 0.6 is 0 Å². The highest BCUT2D eigenvalue weighted by molar-refractivity contribution is 6.58. The van der Waals surface area contributed by atoms with Crippen LogP contribution < -0.4 is 10.4 Å². The first-order valence-corrected chi connectivity index (χ1v) is 8.32. The van der Waals surface area contributed by atoms with Crippen LogP contribution in [-0.2, 0) is 4.74 Å². The second kappa shape index (κ2) is 6.25. The normalized spacial score (nSPS) is 23.4. The first kappa shape index (κ1) is 17.0. The molecule has 1 amide bonds. The number of rotatable bonds is 2. The SMILES string of the molecule is CC(C)(C)OC(=O)N1C2CCC1CN(c1cncc(B(O)O)c1)C2. The molecule has 2 bridgehead atoms. The molecule has 0 spiro atoms. The van der Waals surface area contributed by atoms with Gasteiger partial charge in [0.25, 0.3) is 0 Å². The summed E-state index contributed by atoms with van der Waals surface area (Å²) in [5.41, 5.74) is 0.721. The number of piperazine rings is 1. The fourth-order valence-corrected chi connectivity index (χ4v) is 3.49. The van der Waals surface area contributed by atoms with Gasteiger partial charge in [0.15, 0.2) is 0 Å². The quantitative estimate of drug-likeness (QED) is 0.760. The third-order valence-corrected chi connectivity index (χ3v) is 4.49. The molecular weight excluding hydrogens is 309 g/mol.